The maximum atomic E-state index is 12.5. The molecule has 2 bridgehead atoms. The van der Waals surface area contributed by atoms with E-state index in [-0.39, 0.29) is 23.9 Å². The van der Waals surface area contributed by atoms with Crippen LogP contribution >= 0.6 is 0 Å². The van der Waals surface area contributed by atoms with Gasteiger partial charge in [-0.1, -0.05) is 6.08 Å². The first-order valence-electron chi connectivity index (χ1n) is 8.74. The Morgan fingerprint density at radius 2 is 2.04 bits per heavy atom. The summed E-state index contributed by atoms with van der Waals surface area (Å²) in [5.41, 5.74) is 1.38. The summed E-state index contributed by atoms with van der Waals surface area (Å²) in [5.74, 6) is 0.482. The van der Waals surface area contributed by atoms with Crippen LogP contribution in [-0.4, -0.2) is 40.7 Å². The molecule has 0 saturated carbocycles. The summed E-state index contributed by atoms with van der Waals surface area (Å²) in [6, 6.07) is 4.72. The van der Waals surface area contributed by atoms with E-state index in [2.05, 4.69) is 6.08 Å². The quantitative estimate of drug-likeness (QED) is 0.597. The number of nitrogens with zero attached hydrogens (tertiary/aromatic N) is 2. The lowest BCUT2D eigenvalue weighted by atomic mass is 9.94. The van der Waals surface area contributed by atoms with Crippen LogP contribution < -0.4 is 4.74 Å². The summed E-state index contributed by atoms with van der Waals surface area (Å²) < 4.78 is 10.9. The Hall–Kier alpha value is -2.57. The number of amides is 1. The molecule has 2 unspecified atom stereocenters. The fourth-order valence-corrected chi connectivity index (χ4v) is 3.69. The predicted octanol–water partition coefficient (Wildman–Crippen LogP) is 4.16. The van der Waals surface area contributed by atoms with Gasteiger partial charge in [-0.05, 0) is 51.7 Å². The molecule has 0 aromatic heterocycles. The predicted molar refractivity (Wildman–Crippen MR) is 97.1 cm³/mol. The van der Waals surface area contributed by atoms with Gasteiger partial charge in [0.1, 0.15) is 11.4 Å². The van der Waals surface area contributed by atoms with Crippen LogP contribution in [0, 0.1) is 10.1 Å². The van der Waals surface area contributed by atoms with E-state index in [1.54, 1.807) is 6.07 Å². The minimum Gasteiger partial charge on any atom is -0.496 e. The van der Waals surface area contributed by atoms with E-state index in [0.717, 1.165) is 24.0 Å². The van der Waals surface area contributed by atoms with Gasteiger partial charge in [0.05, 0.1) is 24.1 Å². The van der Waals surface area contributed by atoms with Crippen LogP contribution in [0.5, 0.6) is 5.75 Å². The van der Waals surface area contributed by atoms with Gasteiger partial charge in [0.15, 0.2) is 0 Å². The van der Waals surface area contributed by atoms with Gasteiger partial charge in [-0.3, -0.25) is 15.0 Å². The minimum absolute atomic E-state index is 0.000336. The minimum atomic E-state index is -0.526. The van der Waals surface area contributed by atoms with Crippen LogP contribution in [0.25, 0.3) is 5.57 Å². The van der Waals surface area contributed by atoms with Crippen molar-refractivity contribution >= 4 is 17.4 Å². The van der Waals surface area contributed by atoms with E-state index in [1.807, 2.05) is 25.7 Å². The Morgan fingerprint density at radius 1 is 1.31 bits per heavy atom. The second-order valence-electron chi connectivity index (χ2n) is 7.72. The Morgan fingerprint density at radius 3 is 2.62 bits per heavy atom. The van der Waals surface area contributed by atoms with E-state index in [0.29, 0.717) is 12.2 Å². The Kier molecular flexibility index (Phi) is 4.64. The molecule has 0 spiro atoms. The van der Waals surface area contributed by atoms with Crippen molar-refractivity contribution in [1.29, 1.82) is 0 Å². The molecule has 0 aliphatic carbocycles. The van der Waals surface area contributed by atoms with Crippen molar-refractivity contribution in [3.8, 4) is 5.75 Å². The lowest BCUT2D eigenvalue weighted by molar-refractivity contribution is -0.384. The number of benzene rings is 1. The molecule has 26 heavy (non-hydrogen) atoms. The second-order valence-corrected chi connectivity index (χ2v) is 7.72. The molecule has 7 nitrogen and oxygen atoms in total. The molecule has 7 heteroatoms. The number of hydrogen-bond acceptors (Lipinski definition) is 5. The average Bonchev–Trinajstić information content (AvgIpc) is 2.83. The first kappa shape index (κ1) is 18.2. The van der Waals surface area contributed by atoms with Gasteiger partial charge in [0, 0.05) is 17.7 Å². The molecule has 140 valence electrons. The lowest BCUT2D eigenvalue weighted by Crippen LogP contribution is -2.45. The second kappa shape index (κ2) is 6.63. The number of hydrogen-bond donors (Lipinski definition) is 0. The van der Waals surface area contributed by atoms with Crippen LogP contribution in [-0.2, 0) is 4.74 Å². The van der Waals surface area contributed by atoms with E-state index < -0.39 is 10.5 Å². The van der Waals surface area contributed by atoms with Gasteiger partial charge in [-0.25, -0.2) is 4.79 Å². The largest absolute Gasteiger partial charge is 0.496 e. The van der Waals surface area contributed by atoms with E-state index in [9.17, 15) is 14.9 Å². The highest BCUT2D eigenvalue weighted by molar-refractivity contribution is 5.77. The molecule has 0 N–H and O–H groups in total. The third kappa shape index (κ3) is 3.52. The fourth-order valence-electron chi connectivity index (χ4n) is 3.69. The first-order chi connectivity index (χ1) is 12.2. The standard InChI is InChI=1S/C19H24N2O5/c1-19(2,3)26-18(22)20-13-5-6-14(20)10-12(9-13)16-8-7-15(21(23)24)11-17(16)25-4/h7-9,11,13-14H,5-6,10H2,1-4H3. The van der Waals surface area contributed by atoms with Crippen LogP contribution in [0.4, 0.5) is 10.5 Å². The van der Waals surface area contributed by atoms with Gasteiger partial charge < -0.3 is 9.47 Å². The van der Waals surface area contributed by atoms with Gasteiger partial charge in [-0.15, -0.1) is 0 Å². The fraction of sp³-hybridized carbons (Fsp3) is 0.526. The number of ether oxygens (including phenoxy) is 2. The molecule has 3 rings (SSSR count). The molecule has 1 aromatic rings. The summed E-state index contributed by atoms with van der Waals surface area (Å²) in [6.45, 7) is 5.58. The van der Waals surface area contributed by atoms with Crippen molar-refractivity contribution in [2.24, 2.45) is 0 Å². The summed E-state index contributed by atoms with van der Waals surface area (Å²) in [7, 11) is 1.51. The molecule has 2 aliphatic rings. The van der Waals surface area contributed by atoms with E-state index in [1.165, 1.54) is 19.2 Å². The Balaban J connectivity index is 1.88. The van der Waals surface area contributed by atoms with E-state index in [4.69, 9.17) is 9.47 Å². The number of methoxy groups -OCH3 is 1. The van der Waals surface area contributed by atoms with Crippen molar-refractivity contribution in [2.75, 3.05) is 7.11 Å². The number of non-ortho nitro benzene ring substituents is 1. The zero-order valence-electron chi connectivity index (χ0n) is 15.5. The average molecular weight is 360 g/mol. The highest BCUT2D eigenvalue weighted by atomic mass is 16.6. The van der Waals surface area contributed by atoms with Crippen LogP contribution in [0.2, 0.25) is 0 Å². The van der Waals surface area contributed by atoms with Gasteiger partial charge in [-0.2, -0.15) is 0 Å². The number of carbonyl (C=O) groups is 1. The Labute approximate surface area is 152 Å². The number of rotatable bonds is 3. The molecular formula is C19H24N2O5. The first-order valence-corrected chi connectivity index (χ1v) is 8.74. The highest BCUT2D eigenvalue weighted by Crippen LogP contribution is 2.42. The summed E-state index contributed by atoms with van der Waals surface area (Å²) in [4.78, 5) is 24.9. The molecule has 1 saturated heterocycles. The van der Waals surface area contributed by atoms with Crippen LogP contribution in [0.15, 0.2) is 24.3 Å². The molecule has 2 aliphatic heterocycles. The van der Waals surface area contributed by atoms with E-state index >= 15 is 0 Å². The monoisotopic (exact) mass is 360 g/mol. The molecule has 2 heterocycles. The van der Waals surface area contributed by atoms with Crippen molar-refractivity contribution in [3.05, 3.63) is 40.0 Å². The molecule has 1 amide bonds. The maximum Gasteiger partial charge on any atom is 0.411 e. The number of nitro groups is 1. The number of nitro benzene ring substituents is 1. The lowest BCUT2D eigenvalue weighted by Gasteiger charge is -2.35. The van der Waals surface area contributed by atoms with Crippen molar-refractivity contribution in [3.63, 3.8) is 0 Å². The third-order valence-electron chi connectivity index (χ3n) is 4.74. The number of carbonyl (C=O) groups excluding carboxylic acids is 1. The Bertz CT molecular complexity index is 766. The van der Waals surface area contributed by atoms with Crippen LogP contribution in [0.1, 0.15) is 45.6 Å². The van der Waals surface area contributed by atoms with Gasteiger partial charge in [0.25, 0.3) is 5.69 Å². The molecule has 0 radical (unpaired) electrons. The maximum absolute atomic E-state index is 12.5. The van der Waals surface area contributed by atoms with Gasteiger partial charge >= 0.3 is 6.09 Å². The summed E-state index contributed by atoms with van der Waals surface area (Å²) in [6.07, 6.45) is 4.28. The molecule has 1 aromatic carbocycles. The van der Waals surface area contributed by atoms with Crippen molar-refractivity contribution in [1.82, 2.24) is 4.90 Å². The van der Waals surface area contributed by atoms with Crippen molar-refractivity contribution in [2.45, 2.75) is 57.7 Å². The summed E-state index contributed by atoms with van der Waals surface area (Å²) >= 11 is 0. The zero-order valence-corrected chi connectivity index (χ0v) is 15.5. The SMILES string of the molecule is COc1cc([N+](=O)[O-])ccc1C1=CC2CCC(C1)N2C(=O)OC(C)(C)C. The zero-order chi connectivity index (χ0) is 19.1. The molecule has 1 fully saturated rings. The molecule has 2 atom stereocenters. The number of fused-ring (bicyclic) bond motifs is 2. The summed E-state index contributed by atoms with van der Waals surface area (Å²) in [5, 5.41) is 11.0. The topological polar surface area (TPSA) is 81.9 Å². The van der Waals surface area contributed by atoms with Gasteiger partial charge in [0.2, 0.25) is 0 Å². The molecular weight excluding hydrogens is 336 g/mol. The van der Waals surface area contributed by atoms with Crippen LogP contribution in [0.3, 0.4) is 0 Å². The smallest absolute Gasteiger partial charge is 0.411 e. The highest BCUT2D eigenvalue weighted by Gasteiger charge is 2.42. The normalized spacial score (nSPS) is 22.0. The van der Waals surface area contributed by atoms with Crippen molar-refractivity contribution < 1.29 is 19.2 Å². The third-order valence-corrected chi connectivity index (χ3v) is 4.74.